The fourth-order valence-electron chi connectivity index (χ4n) is 1.99. The molecular weight excluding hydrogens is 271 g/mol. The predicted octanol–water partition coefficient (Wildman–Crippen LogP) is 3.10. The molecule has 106 valence electrons. The number of hydrogen-bond donors (Lipinski definition) is 2. The number of fused-ring (bicyclic) bond motifs is 1. The molecule has 21 heavy (non-hydrogen) atoms. The first-order valence-electron chi connectivity index (χ1n) is 6.30. The Morgan fingerprint density at radius 1 is 1.10 bits per heavy atom. The summed E-state index contributed by atoms with van der Waals surface area (Å²) < 4.78 is 18.6. The van der Waals surface area contributed by atoms with Crippen molar-refractivity contribution in [2.24, 2.45) is 0 Å². The van der Waals surface area contributed by atoms with E-state index < -0.39 is 5.82 Å². The maximum Gasteiger partial charge on any atom is 0.174 e. The van der Waals surface area contributed by atoms with E-state index in [0.29, 0.717) is 22.5 Å². The average molecular weight is 284 g/mol. The van der Waals surface area contributed by atoms with Crippen molar-refractivity contribution < 1.29 is 9.13 Å². The number of anilines is 3. The Balaban J connectivity index is 1.97. The molecule has 6 heteroatoms. The summed E-state index contributed by atoms with van der Waals surface area (Å²) >= 11 is 0. The lowest BCUT2D eigenvalue weighted by atomic mass is 10.2. The first kappa shape index (κ1) is 13.1. The highest BCUT2D eigenvalue weighted by atomic mass is 19.1. The van der Waals surface area contributed by atoms with Crippen molar-refractivity contribution in [3.05, 3.63) is 48.3 Å². The van der Waals surface area contributed by atoms with Gasteiger partial charge < -0.3 is 15.8 Å². The minimum atomic E-state index is -0.463. The van der Waals surface area contributed by atoms with Gasteiger partial charge in [-0.05, 0) is 24.3 Å². The largest absolute Gasteiger partial charge is 0.494 e. The molecule has 0 fully saturated rings. The number of nitrogens with zero attached hydrogens (tertiary/aromatic N) is 2. The number of nitrogens with one attached hydrogen (secondary N) is 1. The summed E-state index contributed by atoms with van der Waals surface area (Å²) in [5, 5.41) is 2.96. The van der Waals surface area contributed by atoms with Crippen LogP contribution in [0.15, 0.2) is 42.5 Å². The van der Waals surface area contributed by atoms with Crippen molar-refractivity contribution in [2.45, 2.75) is 0 Å². The lowest BCUT2D eigenvalue weighted by Crippen LogP contribution is -2.02. The third-order valence-electron chi connectivity index (χ3n) is 3.01. The highest BCUT2D eigenvalue weighted by molar-refractivity contribution is 5.80. The maximum atomic E-state index is 13.7. The molecule has 0 saturated carbocycles. The van der Waals surface area contributed by atoms with E-state index >= 15 is 0 Å². The summed E-state index contributed by atoms with van der Waals surface area (Å²) in [6, 6.07) is 11.9. The SMILES string of the molecule is COc1ccc(Nc2nc3ccccc3nc2N)cc1F. The Labute approximate surface area is 120 Å². The van der Waals surface area contributed by atoms with Crippen molar-refractivity contribution in [1.29, 1.82) is 0 Å². The van der Waals surface area contributed by atoms with Gasteiger partial charge in [0.2, 0.25) is 0 Å². The van der Waals surface area contributed by atoms with Crippen molar-refractivity contribution in [1.82, 2.24) is 9.97 Å². The summed E-state index contributed by atoms with van der Waals surface area (Å²) in [6.07, 6.45) is 0. The quantitative estimate of drug-likeness (QED) is 0.773. The van der Waals surface area contributed by atoms with Gasteiger partial charge in [-0.1, -0.05) is 12.1 Å². The second-order valence-electron chi connectivity index (χ2n) is 4.42. The van der Waals surface area contributed by atoms with Crippen LogP contribution in [0.2, 0.25) is 0 Å². The molecule has 0 aliphatic heterocycles. The van der Waals surface area contributed by atoms with Gasteiger partial charge in [-0.15, -0.1) is 0 Å². The van der Waals surface area contributed by atoms with Gasteiger partial charge in [-0.3, -0.25) is 0 Å². The van der Waals surface area contributed by atoms with Crippen LogP contribution in [0.3, 0.4) is 0 Å². The highest BCUT2D eigenvalue weighted by Crippen LogP contribution is 2.25. The zero-order valence-corrected chi connectivity index (χ0v) is 11.3. The van der Waals surface area contributed by atoms with Gasteiger partial charge in [-0.2, -0.15) is 0 Å². The van der Waals surface area contributed by atoms with Crippen LogP contribution in [0.5, 0.6) is 5.75 Å². The van der Waals surface area contributed by atoms with E-state index in [1.165, 1.54) is 19.2 Å². The number of benzene rings is 2. The molecule has 3 aromatic rings. The lowest BCUT2D eigenvalue weighted by molar-refractivity contribution is 0.386. The fourth-order valence-corrected chi connectivity index (χ4v) is 1.99. The highest BCUT2D eigenvalue weighted by Gasteiger charge is 2.08. The molecule has 0 spiro atoms. The summed E-state index contributed by atoms with van der Waals surface area (Å²) in [6.45, 7) is 0. The van der Waals surface area contributed by atoms with Crippen LogP contribution in [0.1, 0.15) is 0 Å². The Kier molecular flexibility index (Phi) is 3.27. The van der Waals surface area contributed by atoms with Gasteiger partial charge in [0.1, 0.15) is 0 Å². The topological polar surface area (TPSA) is 73.1 Å². The monoisotopic (exact) mass is 284 g/mol. The van der Waals surface area contributed by atoms with Gasteiger partial charge in [0, 0.05) is 11.8 Å². The van der Waals surface area contributed by atoms with Crippen LogP contribution in [-0.4, -0.2) is 17.1 Å². The van der Waals surface area contributed by atoms with Crippen molar-refractivity contribution in [3.63, 3.8) is 0 Å². The zero-order valence-electron chi connectivity index (χ0n) is 11.3. The van der Waals surface area contributed by atoms with E-state index in [0.717, 1.165) is 0 Å². The summed E-state index contributed by atoms with van der Waals surface area (Å²) in [7, 11) is 1.41. The van der Waals surface area contributed by atoms with E-state index in [1.54, 1.807) is 6.07 Å². The van der Waals surface area contributed by atoms with Crippen molar-refractivity contribution >= 4 is 28.4 Å². The van der Waals surface area contributed by atoms with Gasteiger partial charge in [0.05, 0.1) is 18.1 Å². The number of aromatic nitrogens is 2. The van der Waals surface area contributed by atoms with Gasteiger partial charge in [-0.25, -0.2) is 14.4 Å². The van der Waals surface area contributed by atoms with E-state index in [-0.39, 0.29) is 11.6 Å². The number of ether oxygens (including phenoxy) is 1. The molecule has 3 N–H and O–H groups in total. The van der Waals surface area contributed by atoms with E-state index in [1.807, 2.05) is 24.3 Å². The number of halogens is 1. The molecule has 0 amide bonds. The summed E-state index contributed by atoms with van der Waals surface area (Å²) in [4.78, 5) is 8.65. The second-order valence-corrected chi connectivity index (χ2v) is 4.42. The molecule has 0 aliphatic rings. The molecule has 1 heterocycles. The Morgan fingerprint density at radius 2 is 1.81 bits per heavy atom. The number of methoxy groups -OCH3 is 1. The maximum absolute atomic E-state index is 13.7. The molecular formula is C15H13FN4O. The predicted molar refractivity (Wildman–Crippen MR) is 80.2 cm³/mol. The second kappa shape index (κ2) is 5.24. The van der Waals surface area contributed by atoms with Crippen LogP contribution < -0.4 is 15.8 Å². The summed E-state index contributed by atoms with van der Waals surface area (Å²) in [5.74, 6) is 0.358. The van der Waals surface area contributed by atoms with E-state index in [4.69, 9.17) is 10.5 Å². The van der Waals surface area contributed by atoms with Crippen molar-refractivity contribution in [2.75, 3.05) is 18.2 Å². The van der Waals surface area contributed by atoms with Gasteiger partial charge in [0.15, 0.2) is 23.2 Å². The normalized spacial score (nSPS) is 10.6. The average Bonchev–Trinajstić information content (AvgIpc) is 2.48. The number of hydrogen-bond acceptors (Lipinski definition) is 5. The van der Waals surface area contributed by atoms with Crippen LogP contribution in [0, 0.1) is 5.82 Å². The third-order valence-corrected chi connectivity index (χ3v) is 3.01. The van der Waals surface area contributed by atoms with Crippen LogP contribution in [-0.2, 0) is 0 Å². The number of rotatable bonds is 3. The Morgan fingerprint density at radius 3 is 2.48 bits per heavy atom. The molecule has 3 rings (SSSR count). The van der Waals surface area contributed by atoms with Crippen LogP contribution in [0.25, 0.3) is 11.0 Å². The molecule has 0 atom stereocenters. The van der Waals surface area contributed by atoms with Crippen molar-refractivity contribution in [3.8, 4) is 5.75 Å². The first-order chi connectivity index (χ1) is 10.2. The fraction of sp³-hybridized carbons (Fsp3) is 0.0667. The molecule has 0 bridgehead atoms. The lowest BCUT2D eigenvalue weighted by Gasteiger charge is -2.10. The zero-order chi connectivity index (χ0) is 14.8. The third kappa shape index (κ3) is 2.55. The van der Waals surface area contributed by atoms with Gasteiger partial charge in [0.25, 0.3) is 0 Å². The minimum absolute atomic E-state index is 0.179. The molecule has 0 unspecified atom stereocenters. The van der Waals surface area contributed by atoms with Crippen LogP contribution >= 0.6 is 0 Å². The molecule has 0 radical (unpaired) electrons. The van der Waals surface area contributed by atoms with E-state index in [9.17, 15) is 4.39 Å². The molecule has 0 aliphatic carbocycles. The molecule has 2 aromatic carbocycles. The van der Waals surface area contributed by atoms with Gasteiger partial charge >= 0.3 is 0 Å². The number of para-hydroxylation sites is 2. The molecule has 5 nitrogen and oxygen atoms in total. The minimum Gasteiger partial charge on any atom is -0.494 e. The Bertz CT molecular complexity index is 807. The number of nitrogens with two attached hydrogens (primary N) is 1. The number of nitrogen functional groups attached to an aromatic ring is 1. The van der Waals surface area contributed by atoms with E-state index in [2.05, 4.69) is 15.3 Å². The first-order valence-corrected chi connectivity index (χ1v) is 6.30. The Hall–Kier alpha value is -2.89. The standard InChI is InChI=1S/C15H13FN4O/c1-21-13-7-6-9(8-10(13)16)18-15-14(17)19-11-4-2-3-5-12(11)20-15/h2-8H,1H3,(H2,17,19)(H,18,20). The summed E-state index contributed by atoms with van der Waals surface area (Å²) in [5.41, 5.74) is 7.81. The van der Waals surface area contributed by atoms with Crippen LogP contribution in [0.4, 0.5) is 21.7 Å². The molecule has 0 saturated heterocycles. The smallest absolute Gasteiger partial charge is 0.174 e. The molecule has 1 aromatic heterocycles.